The summed E-state index contributed by atoms with van der Waals surface area (Å²) in [5.41, 5.74) is 3.90. The van der Waals surface area contributed by atoms with Gasteiger partial charge in [-0.2, -0.15) is 10.1 Å². The molecule has 166 valence electrons. The first-order chi connectivity index (χ1) is 15.1. The molecule has 4 rings (SSSR count). The molecular formula is C22H32N8O. The van der Waals surface area contributed by atoms with Gasteiger partial charge in [0.15, 0.2) is 5.82 Å². The zero-order valence-corrected chi connectivity index (χ0v) is 18.9. The van der Waals surface area contributed by atoms with Gasteiger partial charge in [0.05, 0.1) is 18.8 Å². The maximum atomic E-state index is 5.58. The van der Waals surface area contributed by atoms with Crippen LogP contribution in [-0.2, 0) is 17.7 Å². The second-order valence-electron chi connectivity index (χ2n) is 7.93. The van der Waals surface area contributed by atoms with E-state index in [2.05, 4.69) is 41.3 Å². The highest BCUT2D eigenvalue weighted by Crippen LogP contribution is 2.29. The molecule has 1 atom stereocenters. The molecule has 3 aromatic heterocycles. The van der Waals surface area contributed by atoms with Crippen molar-refractivity contribution in [3.63, 3.8) is 0 Å². The fourth-order valence-corrected chi connectivity index (χ4v) is 3.90. The van der Waals surface area contributed by atoms with Crippen LogP contribution in [-0.4, -0.2) is 63.6 Å². The average Bonchev–Trinajstić information content (AvgIpc) is 3.12. The first-order valence-corrected chi connectivity index (χ1v) is 11.1. The van der Waals surface area contributed by atoms with Crippen molar-refractivity contribution < 1.29 is 4.74 Å². The molecule has 1 aliphatic heterocycles. The van der Waals surface area contributed by atoms with Crippen molar-refractivity contribution in [2.45, 2.75) is 46.7 Å². The Morgan fingerprint density at radius 1 is 1.29 bits per heavy atom. The van der Waals surface area contributed by atoms with E-state index in [1.807, 2.05) is 23.7 Å². The fourth-order valence-electron chi connectivity index (χ4n) is 3.90. The lowest BCUT2D eigenvalue weighted by atomic mass is 10.2. The normalized spacial score (nSPS) is 16.8. The molecule has 1 saturated heterocycles. The van der Waals surface area contributed by atoms with Gasteiger partial charge in [-0.3, -0.25) is 4.68 Å². The number of anilines is 3. The Bertz CT molecular complexity index is 1030. The van der Waals surface area contributed by atoms with E-state index in [0.29, 0.717) is 25.8 Å². The summed E-state index contributed by atoms with van der Waals surface area (Å²) in [6, 6.07) is 4.39. The van der Waals surface area contributed by atoms with Crippen LogP contribution in [0.15, 0.2) is 18.3 Å². The molecule has 0 radical (unpaired) electrons. The van der Waals surface area contributed by atoms with Crippen LogP contribution in [0.25, 0.3) is 11.0 Å². The van der Waals surface area contributed by atoms with Gasteiger partial charge >= 0.3 is 0 Å². The third-order valence-corrected chi connectivity index (χ3v) is 5.45. The largest absolute Gasteiger partial charge is 0.380 e. The minimum Gasteiger partial charge on any atom is -0.380 e. The van der Waals surface area contributed by atoms with Crippen LogP contribution in [0, 0.1) is 6.92 Å². The molecule has 0 aromatic carbocycles. The number of fused-ring (bicyclic) bond motifs is 1. The zero-order chi connectivity index (χ0) is 21.8. The summed E-state index contributed by atoms with van der Waals surface area (Å²) in [4.78, 5) is 16.7. The topological polar surface area (TPSA) is 93.0 Å². The quantitative estimate of drug-likeness (QED) is 0.533. The Morgan fingerprint density at radius 3 is 2.90 bits per heavy atom. The van der Waals surface area contributed by atoms with E-state index in [4.69, 9.17) is 19.8 Å². The lowest BCUT2D eigenvalue weighted by Crippen LogP contribution is -2.49. The summed E-state index contributed by atoms with van der Waals surface area (Å²) >= 11 is 0. The first kappa shape index (κ1) is 21.5. The number of piperazine rings is 1. The monoisotopic (exact) mass is 424 g/mol. The van der Waals surface area contributed by atoms with Gasteiger partial charge in [-0.25, -0.2) is 9.97 Å². The molecule has 3 aromatic rings. The number of nitrogens with zero attached hydrogens (tertiary/aromatic N) is 6. The van der Waals surface area contributed by atoms with Gasteiger partial charge in [-0.05, 0) is 44.9 Å². The fraction of sp³-hybridized carbons (Fsp3) is 0.545. The highest BCUT2D eigenvalue weighted by atomic mass is 16.5. The van der Waals surface area contributed by atoms with Crippen LogP contribution >= 0.6 is 0 Å². The van der Waals surface area contributed by atoms with Gasteiger partial charge in [-0.15, -0.1) is 0 Å². The van der Waals surface area contributed by atoms with Crippen molar-refractivity contribution >= 4 is 28.6 Å². The number of aryl methyl sites for hydroxylation is 2. The predicted octanol–water partition coefficient (Wildman–Crippen LogP) is 2.67. The van der Waals surface area contributed by atoms with Crippen molar-refractivity contribution in [3.05, 3.63) is 29.6 Å². The highest BCUT2D eigenvalue weighted by molar-refractivity contribution is 5.90. The molecule has 0 amide bonds. The number of pyridine rings is 1. The lowest BCUT2D eigenvalue weighted by molar-refractivity contribution is 0.137. The van der Waals surface area contributed by atoms with Crippen molar-refractivity contribution in [3.8, 4) is 0 Å². The molecule has 0 bridgehead atoms. The summed E-state index contributed by atoms with van der Waals surface area (Å²) in [7, 11) is 0. The van der Waals surface area contributed by atoms with Crippen molar-refractivity contribution in [2.24, 2.45) is 0 Å². The van der Waals surface area contributed by atoms with Gasteiger partial charge < -0.3 is 20.3 Å². The molecule has 0 spiro atoms. The zero-order valence-electron chi connectivity index (χ0n) is 18.9. The summed E-state index contributed by atoms with van der Waals surface area (Å²) in [5.74, 6) is 2.22. The van der Waals surface area contributed by atoms with Gasteiger partial charge in [-0.1, -0.05) is 6.92 Å². The van der Waals surface area contributed by atoms with Gasteiger partial charge in [0, 0.05) is 38.5 Å². The molecule has 1 aliphatic rings. The van der Waals surface area contributed by atoms with Crippen molar-refractivity contribution in [1.82, 2.24) is 30.0 Å². The minimum absolute atomic E-state index is 0.391. The minimum atomic E-state index is 0.391. The smallest absolute Gasteiger partial charge is 0.228 e. The van der Waals surface area contributed by atoms with E-state index >= 15 is 0 Å². The molecular weight excluding hydrogens is 392 g/mol. The summed E-state index contributed by atoms with van der Waals surface area (Å²) in [6.45, 7) is 12.9. The summed E-state index contributed by atoms with van der Waals surface area (Å²) in [5, 5.41) is 11.8. The van der Waals surface area contributed by atoms with E-state index in [1.54, 1.807) is 6.20 Å². The van der Waals surface area contributed by atoms with E-state index in [0.717, 1.165) is 65.9 Å². The number of hydrogen-bond acceptors (Lipinski definition) is 8. The van der Waals surface area contributed by atoms with Crippen LogP contribution < -0.4 is 15.5 Å². The van der Waals surface area contributed by atoms with Crippen molar-refractivity contribution in [2.75, 3.05) is 43.1 Å². The summed E-state index contributed by atoms with van der Waals surface area (Å²) in [6.07, 6.45) is 2.60. The molecule has 9 nitrogen and oxygen atoms in total. The molecule has 1 fully saturated rings. The second-order valence-corrected chi connectivity index (χ2v) is 7.93. The number of aromatic nitrogens is 5. The third kappa shape index (κ3) is 4.77. The van der Waals surface area contributed by atoms with Crippen LogP contribution in [0.4, 0.5) is 17.6 Å². The maximum Gasteiger partial charge on any atom is 0.228 e. The Labute approximate surface area is 183 Å². The molecule has 0 saturated carbocycles. The van der Waals surface area contributed by atoms with Gasteiger partial charge in [0.1, 0.15) is 16.9 Å². The standard InChI is InChI=1S/C22H32N8O/c1-5-17-19-20(30(28-17)11-12-31-6-2)21(25-18-13-15(3)7-8-24-18)27-22(26-19)29-10-9-23-16(4)14-29/h7-8,13,16,23H,5-6,9-12,14H2,1-4H3,(H,24,25,26,27)/t16-/m1/s1. The molecule has 0 aliphatic carbocycles. The molecule has 0 unspecified atom stereocenters. The Balaban J connectivity index is 1.81. The van der Waals surface area contributed by atoms with E-state index in [-0.39, 0.29) is 0 Å². The number of rotatable bonds is 8. The van der Waals surface area contributed by atoms with Crippen LogP contribution in [0.1, 0.15) is 32.0 Å². The summed E-state index contributed by atoms with van der Waals surface area (Å²) < 4.78 is 7.55. The second kappa shape index (κ2) is 9.57. The lowest BCUT2D eigenvalue weighted by Gasteiger charge is -2.32. The van der Waals surface area contributed by atoms with Crippen LogP contribution in [0.2, 0.25) is 0 Å². The van der Waals surface area contributed by atoms with Crippen LogP contribution in [0.5, 0.6) is 0 Å². The number of nitrogens with one attached hydrogen (secondary N) is 2. The van der Waals surface area contributed by atoms with Crippen molar-refractivity contribution in [1.29, 1.82) is 0 Å². The Morgan fingerprint density at radius 2 is 2.16 bits per heavy atom. The average molecular weight is 425 g/mol. The third-order valence-electron chi connectivity index (χ3n) is 5.45. The van der Waals surface area contributed by atoms with Crippen LogP contribution in [0.3, 0.4) is 0 Å². The van der Waals surface area contributed by atoms with Gasteiger partial charge in [0.25, 0.3) is 0 Å². The Hall–Kier alpha value is -2.78. The van der Waals surface area contributed by atoms with Gasteiger partial charge in [0.2, 0.25) is 5.95 Å². The molecule has 31 heavy (non-hydrogen) atoms. The van der Waals surface area contributed by atoms with E-state index in [9.17, 15) is 0 Å². The molecule has 4 heterocycles. The van der Waals surface area contributed by atoms with E-state index in [1.165, 1.54) is 0 Å². The SMILES string of the molecule is CCOCCn1nc(CC)c2nc(N3CCN[C@H](C)C3)nc(Nc3cc(C)ccn3)c21. The highest BCUT2D eigenvalue weighted by Gasteiger charge is 2.23. The van der Waals surface area contributed by atoms with E-state index < -0.39 is 0 Å². The molecule has 2 N–H and O–H groups in total. The first-order valence-electron chi connectivity index (χ1n) is 11.1. The molecule has 9 heteroatoms. The predicted molar refractivity (Wildman–Crippen MR) is 123 cm³/mol. The Kier molecular flexibility index (Phi) is 6.62. The maximum absolute atomic E-state index is 5.58. The number of hydrogen-bond donors (Lipinski definition) is 2. The number of ether oxygens (including phenoxy) is 1.